The van der Waals surface area contributed by atoms with Crippen LogP contribution < -0.4 is 14.8 Å². The Hall–Kier alpha value is -2.38. The minimum absolute atomic E-state index is 0.257. The smallest absolute Gasteiger partial charge is 0.257 e. The van der Waals surface area contributed by atoms with Crippen LogP contribution >= 0.6 is 27.3 Å². The molecule has 0 fully saturated rings. The van der Waals surface area contributed by atoms with Crippen molar-refractivity contribution in [3.63, 3.8) is 0 Å². The van der Waals surface area contributed by atoms with Gasteiger partial charge in [-0.05, 0) is 40.5 Å². The van der Waals surface area contributed by atoms with Crippen molar-refractivity contribution in [2.75, 3.05) is 12.4 Å². The Balaban J connectivity index is 1.79. The molecule has 7 heteroatoms. The monoisotopic (exact) mass is 432 g/mol. The number of methoxy groups -OCH3 is 1. The Kier molecular flexibility index (Phi) is 5.90. The molecule has 0 unspecified atom stereocenters. The van der Waals surface area contributed by atoms with E-state index in [0.717, 1.165) is 11.3 Å². The molecule has 0 bridgehead atoms. The third kappa shape index (κ3) is 4.42. The molecule has 1 N–H and O–H groups in total. The predicted octanol–water partition coefficient (Wildman–Crippen LogP) is 5.05. The van der Waals surface area contributed by atoms with E-state index in [0.29, 0.717) is 33.3 Å². The molecule has 5 nitrogen and oxygen atoms in total. The summed E-state index contributed by atoms with van der Waals surface area (Å²) in [5.41, 5.74) is 2.37. The Labute approximate surface area is 164 Å². The van der Waals surface area contributed by atoms with Crippen LogP contribution in [-0.2, 0) is 6.61 Å². The number of hydrogen-bond donors (Lipinski definition) is 1. The number of benzene rings is 2. The summed E-state index contributed by atoms with van der Waals surface area (Å²) in [7, 11) is 1.54. The van der Waals surface area contributed by atoms with Gasteiger partial charge in [-0.3, -0.25) is 10.1 Å². The molecule has 0 aliphatic rings. The highest BCUT2D eigenvalue weighted by atomic mass is 79.9. The van der Waals surface area contributed by atoms with Gasteiger partial charge in [0.25, 0.3) is 5.91 Å². The largest absolute Gasteiger partial charge is 0.493 e. The third-order valence-corrected chi connectivity index (χ3v) is 5.02. The van der Waals surface area contributed by atoms with E-state index in [4.69, 9.17) is 9.47 Å². The summed E-state index contributed by atoms with van der Waals surface area (Å²) < 4.78 is 11.9. The van der Waals surface area contributed by atoms with Crippen LogP contribution in [0.1, 0.15) is 21.6 Å². The van der Waals surface area contributed by atoms with Crippen molar-refractivity contribution in [2.45, 2.75) is 13.5 Å². The highest BCUT2D eigenvalue weighted by Gasteiger charge is 2.16. The Morgan fingerprint density at radius 1 is 1.27 bits per heavy atom. The standard InChI is InChI=1S/C19H17BrN2O3S/c1-12-11-26-19(21-12)22-18(23)14-8-15(20)17(16(9-14)24-2)25-10-13-6-4-3-5-7-13/h3-9,11H,10H2,1-2H3,(H,21,22,23). The molecule has 3 aromatic rings. The molecule has 1 aromatic heterocycles. The number of anilines is 1. The molecule has 134 valence electrons. The number of nitrogens with one attached hydrogen (secondary N) is 1. The summed E-state index contributed by atoms with van der Waals surface area (Å²) in [6.45, 7) is 2.28. The number of carbonyl (C=O) groups is 1. The van der Waals surface area contributed by atoms with E-state index in [1.54, 1.807) is 19.2 Å². The van der Waals surface area contributed by atoms with E-state index in [2.05, 4.69) is 26.2 Å². The lowest BCUT2D eigenvalue weighted by Gasteiger charge is -2.14. The van der Waals surface area contributed by atoms with Crippen LogP contribution in [0.15, 0.2) is 52.3 Å². The first-order valence-electron chi connectivity index (χ1n) is 7.84. The number of amides is 1. The first-order valence-corrected chi connectivity index (χ1v) is 9.52. The first kappa shape index (κ1) is 18.4. The Morgan fingerprint density at radius 2 is 2.04 bits per heavy atom. The second-order valence-electron chi connectivity index (χ2n) is 5.51. The topological polar surface area (TPSA) is 60.5 Å². The van der Waals surface area contributed by atoms with Crippen molar-refractivity contribution in [3.05, 3.63) is 69.1 Å². The number of ether oxygens (including phenoxy) is 2. The zero-order valence-electron chi connectivity index (χ0n) is 14.3. The minimum atomic E-state index is -0.257. The van der Waals surface area contributed by atoms with Gasteiger partial charge >= 0.3 is 0 Å². The van der Waals surface area contributed by atoms with Gasteiger partial charge in [-0.25, -0.2) is 4.98 Å². The van der Waals surface area contributed by atoms with E-state index >= 15 is 0 Å². The van der Waals surface area contributed by atoms with Gasteiger partial charge in [0.2, 0.25) is 0 Å². The summed E-state index contributed by atoms with van der Waals surface area (Å²) in [5, 5.41) is 5.23. The SMILES string of the molecule is COc1cc(C(=O)Nc2nc(C)cs2)cc(Br)c1OCc1ccccc1. The second-order valence-corrected chi connectivity index (χ2v) is 7.22. The molecule has 0 radical (unpaired) electrons. The van der Waals surface area contributed by atoms with E-state index in [1.807, 2.05) is 42.6 Å². The molecular weight excluding hydrogens is 416 g/mol. The van der Waals surface area contributed by atoms with Crippen molar-refractivity contribution in [1.82, 2.24) is 4.98 Å². The molecule has 26 heavy (non-hydrogen) atoms. The molecule has 0 saturated heterocycles. The zero-order chi connectivity index (χ0) is 18.5. The molecule has 2 aromatic carbocycles. The normalized spacial score (nSPS) is 10.4. The summed E-state index contributed by atoms with van der Waals surface area (Å²) >= 11 is 4.86. The molecular formula is C19H17BrN2O3S. The van der Waals surface area contributed by atoms with Crippen molar-refractivity contribution >= 4 is 38.3 Å². The number of thiazole rings is 1. The fourth-order valence-corrected chi connectivity index (χ4v) is 3.54. The zero-order valence-corrected chi connectivity index (χ0v) is 16.7. The van der Waals surface area contributed by atoms with Crippen molar-refractivity contribution in [2.24, 2.45) is 0 Å². The van der Waals surface area contributed by atoms with Crippen LogP contribution in [0, 0.1) is 6.92 Å². The maximum Gasteiger partial charge on any atom is 0.257 e. The Morgan fingerprint density at radius 3 is 2.69 bits per heavy atom. The van der Waals surface area contributed by atoms with Crippen LogP contribution in [0.2, 0.25) is 0 Å². The molecule has 1 amide bonds. The van der Waals surface area contributed by atoms with Crippen LogP contribution in [0.25, 0.3) is 0 Å². The van der Waals surface area contributed by atoms with E-state index in [-0.39, 0.29) is 5.91 Å². The Bertz CT molecular complexity index is 912. The third-order valence-electron chi connectivity index (χ3n) is 3.56. The number of aryl methyl sites for hydroxylation is 1. The van der Waals surface area contributed by atoms with E-state index < -0.39 is 0 Å². The van der Waals surface area contributed by atoms with Crippen molar-refractivity contribution in [3.8, 4) is 11.5 Å². The summed E-state index contributed by atoms with van der Waals surface area (Å²) in [6, 6.07) is 13.2. The lowest BCUT2D eigenvalue weighted by Crippen LogP contribution is -2.12. The molecule has 0 aliphatic carbocycles. The average molecular weight is 433 g/mol. The summed E-state index contributed by atoms with van der Waals surface area (Å²) in [4.78, 5) is 16.7. The number of aromatic nitrogens is 1. The molecule has 0 saturated carbocycles. The van der Waals surface area contributed by atoms with Gasteiger partial charge in [0.05, 0.1) is 17.3 Å². The number of hydrogen-bond acceptors (Lipinski definition) is 5. The molecule has 0 spiro atoms. The maximum atomic E-state index is 12.5. The fraction of sp³-hybridized carbons (Fsp3) is 0.158. The lowest BCUT2D eigenvalue weighted by atomic mass is 10.2. The van der Waals surface area contributed by atoms with Gasteiger partial charge < -0.3 is 9.47 Å². The van der Waals surface area contributed by atoms with E-state index in [1.165, 1.54) is 11.3 Å². The quantitative estimate of drug-likeness (QED) is 0.591. The van der Waals surface area contributed by atoms with Crippen molar-refractivity contribution < 1.29 is 14.3 Å². The van der Waals surface area contributed by atoms with Crippen LogP contribution in [0.3, 0.4) is 0 Å². The van der Waals surface area contributed by atoms with Crippen LogP contribution in [-0.4, -0.2) is 18.0 Å². The van der Waals surface area contributed by atoms with Gasteiger partial charge in [-0.15, -0.1) is 11.3 Å². The van der Waals surface area contributed by atoms with Gasteiger partial charge in [0, 0.05) is 10.9 Å². The van der Waals surface area contributed by atoms with Gasteiger partial charge in [0.1, 0.15) is 6.61 Å². The molecule has 0 atom stereocenters. The number of halogens is 1. The number of carbonyl (C=O) groups excluding carboxylic acids is 1. The highest BCUT2D eigenvalue weighted by molar-refractivity contribution is 9.10. The van der Waals surface area contributed by atoms with E-state index in [9.17, 15) is 4.79 Å². The molecule has 3 rings (SSSR count). The minimum Gasteiger partial charge on any atom is -0.493 e. The number of nitrogens with zero attached hydrogens (tertiary/aromatic N) is 1. The van der Waals surface area contributed by atoms with Gasteiger partial charge in [0.15, 0.2) is 16.6 Å². The summed E-state index contributed by atoms with van der Waals surface area (Å²) in [5.74, 6) is 0.779. The highest BCUT2D eigenvalue weighted by Crippen LogP contribution is 2.37. The van der Waals surface area contributed by atoms with Gasteiger partial charge in [-0.2, -0.15) is 0 Å². The molecule has 1 heterocycles. The average Bonchev–Trinajstić information content (AvgIpc) is 3.05. The van der Waals surface area contributed by atoms with Crippen LogP contribution in [0.4, 0.5) is 5.13 Å². The maximum absolute atomic E-state index is 12.5. The number of rotatable bonds is 6. The van der Waals surface area contributed by atoms with Gasteiger partial charge in [-0.1, -0.05) is 30.3 Å². The van der Waals surface area contributed by atoms with Crippen LogP contribution in [0.5, 0.6) is 11.5 Å². The predicted molar refractivity (Wildman–Crippen MR) is 106 cm³/mol. The lowest BCUT2D eigenvalue weighted by molar-refractivity contribution is 0.102. The summed E-state index contributed by atoms with van der Waals surface area (Å²) in [6.07, 6.45) is 0. The first-order chi connectivity index (χ1) is 12.6. The van der Waals surface area contributed by atoms with Crippen molar-refractivity contribution in [1.29, 1.82) is 0 Å². The fourth-order valence-electron chi connectivity index (χ4n) is 2.30. The second kappa shape index (κ2) is 8.33. The molecule has 0 aliphatic heterocycles.